The number of methoxy groups -OCH3 is 1. The van der Waals surface area contributed by atoms with Gasteiger partial charge in [-0.1, -0.05) is 12.5 Å². The van der Waals surface area contributed by atoms with Gasteiger partial charge in [-0.3, -0.25) is 0 Å². The number of hydrogen-bond donors (Lipinski definition) is 1. The number of halogens is 1. The van der Waals surface area contributed by atoms with Gasteiger partial charge in [0.15, 0.2) is 0 Å². The number of nitrogens with zero attached hydrogens (tertiary/aromatic N) is 1. The first-order valence-electron chi connectivity index (χ1n) is 6.63. The molecule has 0 radical (unpaired) electrons. The van der Waals surface area contributed by atoms with Crippen molar-refractivity contribution in [3.05, 3.63) is 28.2 Å². The van der Waals surface area contributed by atoms with Crippen LogP contribution >= 0.6 is 15.9 Å². The van der Waals surface area contributed by atoms with Crippen molar-refractivity contribution in [1.29, 1.82) is 5.26 Å². The maximum atomic E-state index is 9.14. The van der Waals surface area contributed by atoms with Crippen LogP contribution < -0.4 is 10.1 Å². The first-order valence-corrected chi connectivity index (χ1v) is 7.43. The number of nitriles is 1. The highest BCUT2D eigenvalue weighted by Gasteiger charge is 2.36. The topological polar surface area (TPSA) is 45.0 Å². The molecule has 19 heavy (non-hydrogen) atoms. The van der Waals surface area contributed by atoms with E-state index in [2.05, 4.69) is 39.4 Å². The van der Waals surface area contributed by atoms with Crippen LogP contribution in [0.3, 0.4) is 0 Å². The van der Waals surface area contributed by atoms with Crippen molar-refractivity contribution >= 4 is 15.9 Å². The number of hydrogen-bond acceptors (Lipinski definition) is 3. The summed E-state index contributed by atoms with van der Waals surface area (Å²) in [4.78, 5) is 0. The first-order chi connectivity index (χ1) is 9.19. The Balaban J connectivity index is 1.77. The molecule has 3 nitrogen and oxygen atoms in total. The first kappa shape index (κ1) is 14.4. The molecular weight excluding hydrogens is 304 g/mol. The van der Waals surface area contributed by atoms with Gasteiger partial charge in [-0.2, -0.15) is 5.26 Å². The largest absolute Gasteiger partial charge is 0.496 e. The van der Waals surface area contributed by atoms with Crippen molar-refractivity contribution in [2.24, 2.45) is 5.41 Å². The lowest BCUT2D eigenvalue weighted by atomic mass is 9.70. The van der Waals surface area contributed by atoms with Gasteiger partial charge in [-0.05, 0) is 59.4 Å². The molecule has 1 aromatic rings. The van der Waals surface area contributed by atoms with E-state index >= 15 is 0 Å². The predicted octanol–water partition coefficient (Wildman–Crippen LogP) is 3.28. The van der Waals surface area contributed by atoms with Crippen molar-refractivity contribution in [2.45, 2.75) is 25.7 Å². The summed E-state index contributed by atoms with van der Waals surface area (Å²) in [5, 5.41) is 12.5. The number of benzene rings is 1. The summed E-state index contributed by atoms with van der Waals surface area (Å²) in [6, 6.07) is 8.59. The van der Waals surface area contributed by atoms with Crippen molar-refractivity contribution in [3.63, 3.8) is 0 Å². The number of nitrogens with one attached hydrogen (secondary N) is 1. The molecule has 0 aliphatic heterocycles. The molecule has 0 amide bonds. The highest BCUT2D eigenvalue weighted by molar-refractivity contribution is 9.10. The van der Waals surface area contributed by atoms with Crippen molar-refractivity contribution < 1.29 is 4.74 Å². The summed E-state index contributed by atoms with van der Waals surface area (Å²) in [6.45, 7) is 1.73. The molecule has 1 fully saturated rings. The summed E-state index contributed by atoms with van der Waals surface area (Å²) in [5.41, 5.74) is 1.18. The van der Waals surface area contributed by atoms with E-state index in [-0.39, 0.29) is 5.41 Å². The zero-order valence-electron chi connectivity index (χ0n) is 11.2. The fourth-order valence-electron chi connectivity index (χ4n) is 2.36. The van der Waals surface area contributed by atoms with Crippen LogP contribution in [0.2, 0.25) is 0 Å². The third-order valence-electron chi connectivity index (χ3n) is 3.82. The molecule has 102 valence electrons. The maximum Gasteiger partial charge on any atom is 0.133 e. The van der Waals surface area contributed by atoms with E-state index in [9.17, 15) is 0 Å². The van der Waals surface area contributed by atoms with Crippen LogP contribution in [0, 0.1) is 16.7 Å². The standard InChI is InChI=1S/C15H19BrN2O/c1-19-14-4-3-12(9-13(14)16)5-8-18-11-15(10-17)6-2-7-15/h3-4,9,18H,2,5-8,11H2,1H3. The zero-order valence-corrected chi connectivity index (χ0v) is 12.8. The minimum atomic E-state index is -0.0828. The van der Waals surface area contributed by atoms with Crippen LogP contribution in [0.1, 0.15) is 24.8 Å². The third-order valence-corrected chi connectivity index (χ3v) is 4.44. The Bertz CT molecular complexity index is 478. The lowest BCUT2D eigenvalue weighted by Crippen LogP contribution is -2.39. The van der Waals surface area contributed by atoms with Crippen molar-refractivity contribution in [1.82, 2.24) is 5.32 Å². The highest BCUT2D eigenvalue weighted by atomic mass is 79.9. The summed E-state index contributed by atoms with van der Waals surface area (Å²) >= 11 is 3.49. The summed E-state index contributed by atoms with van der Waals surface area (Å²) < 4.78 is 6.19. The smallest absolute Gasteiger partial charge is 0.133 e. The molecule has 0 heterocycles. The third kappa shape index (κ3) is 3.49. The van der Waals surface area contributed by atoms with Crippen molar-refractivity contribution in [2.75, 3.05) is 20.2 Å². The Labute approximate surface area is 123 Å². The average molecular weight is 323 g/mol. The molecule has 1 aliphatic carbocycles. The van der Waals surface area contributed by atoms with Crippen LogP contribution in [-0.2, 0) is 6.42 Å². The van der Waals surface area contributed by atoms with E-state index in [1.54, 1.807) is 7.11 Å². The minimum absolute atomic E-state index is 0.0828. The van der Waals surface area contributed by atoms with Gasteiger partial charge in [0.2, 0.25) is 0 Å². The fraction of sp³-hybridized carbons (Fsp3) is 0.533. The minimum Gasteiger partial charge on any atom is -0.496 e. The molecule has 2 rings (SSSR count). The number of ether oxygens (including phenoxy) is 1. The van der Waals surface area contributed by atoms with Crippen LogP contribution in [0.4, 0.5) is 0 Å². The Morgan fingerprint density at radius 2 is 2.26 bits per heavy atom. The zero-order chi connectivity index (χ0) is 13.7. The molecule has 1 saturated carbocycles. The molecular formula is C15H19BrN2O. The Morgan fingerprint density at radius 1 is 1.47 bits per heavy atom. The van der Waals surface area contributed by atoms with E-state index < -0.39 is 0 Å². The average Bonchev–Trinajstić information content (AvgIpc) is 2.37. The molecule has 0 aromatic heterocycles. The SMILES string of the molecule is COc1ccc(CCNCC2(C#N)CCC2)cc1Br. The lowest BCUT2D eigenvalue weighted by Gasteiger charge is -2.35. The molecule has 0 spiro atoms. The molecule has 0 saturated heterocycles. The molecule has 0 bridgehead atoms. The van der Waals surface area contributed by atoms with E-state index in [0.717, 1.165) is 42.6 Å². The number of rotatable bonds is 6. The van der Waals surface area contributed by atoms with Gasteiger partial charge < -0.3 is 10.1 Å². The summed E-state index contributed by atoms with van der Waals surface area (Å²) in [7, 11) is 1.67. The maximum absolute atomic E-state index is 9.14. The molecule has 4 heteroatoms. The molecule has 1 N–H and O–H groups in total. The fourth-order valence-corrected chi connectivity index (χ4v) is 2.95. The highest BCUT2D eigenvalue weighted by Crippen LogP contribution is 2.39. The van der Waals surface area contributed by atoms with Gasteiger partial charge in [-0.15, -0.1) is 0 Å². The van der Waals surface area contributed by atoms with Crippen molar-refractivity contribution in [3.8, 4) is 11.8 Å². The van der Waals surface area contributed by atoms with Gasteiger partial charge in [0.05, 0.1) is 23.1 Å². The van der Waals surface area contributed by atoms with Crippen LogP contribution in [0.25, 0.3) is 0 Å². The Hall–Kier alpha value is -1.05. The van der Waals surface area contributed by atoms with Crippen LogP contribution in [-0.4, -0.2) is 20.2 Å². The molecule has 1 aromatic carbocycles. The van der Waals surface area contributed by atoms with Crippen LogP contribution in [0.5, 0.6) is 5.75 Å². The molecule has 0 atom stereocenters. The molecule has 0 unspecified atom stereocenters. The van der Waals surface area contributed by atoms with Gasteiger partial charge in [-0.25, -0.2) is 0 Å². The van der Waals surface area contributed by atoms with Crippen LogP contribution in [0.15, 0.2) is 22.7 Å². The van der Waals surface area contributed by atoms with E-state index in [0.29, 0.717) is 0 Å². The van der Waals surface area contributed by atoms with Gasteiger partial charge in [0, 0.05) is 6.54 Å². The normalized spacial score (nSPS) is 16.5. The quantitative estimate of drug-likeness (QED) is 0.817. The van der Waals surface area contributed by atoms with E-state index in [1.807, 2.05) is 6.07 Å². The van der Waals surface area contributed by atoms with Gasteiger partial charge in [0.1, 0.15) is 5.75 Å². The second kappa shape index (κ2) is 6.40. The predicted molar refractivity (Wildman–Crippen MR) is 79.2 cm³/mol. The summed E-state index contributed by atoms with van der Waals surface area (Å²) in [6.07, 6.45) is 4.25. The molecule has 1 aliphatic rings. The van der Waals surface area contributed by atoms with Gasteiger partial charge in [0.25, 0.3) is 0 Å². The van der Waals surface area contributed by atoms with E-state index in [4.69, 9.17) is 10.00 Å². The van der Waals surface area contributed by atoms with Gasteiger partial charge >= 0.3 is 0 Å². The lowest BCUT2D eigenvalue weighted by molar-refractivity contribution is 0.208. The second-order valence-electron chi connectivity index (χ2n) is 5.14. The van der Waals surface area contributed by atoms with E-state index in [1.165, 1.54) is 12.0 Å². The summed E-state index contributed by atoms with van der Waals surface area (Å²) in [5.74, 6) is 0.856. The Morgan fingerprint density at radius 3 is 2.79 bits per heavy atom. The monoisotopic (exact) mass is 322 g/mol. The Kier molecular flexibility index (Phi) is 4.84. The second-order valence-corrected chi connectivity index (χ2v) is 6.00.